The van der Waals surface area contributed by atoms with E-state index in [0.717, 1.165) is 31.2 Å². The van der Waals surface area contributed by atoms with Crippen LogP contribution in [-0.2, 0) is 17.6 Å². The quantitative estimate of drug-likeness (QED) is 0.711. The fourth-order valence-corrected chi connectivity index (χ4v) is 3.08. The van der Waals surface area contributed by atoms with Crippen molar-refractivity contribution in [2.45, 2.75) is 39.0 Å². The maximum Gasteiger partial charge on any atom is 0.318 e. The van der Waals surface area contributed by atoms with Gasteiger partial charge in [-0.05, 0) is 37.0 Å². The maximum atomic E-state index is 12.9. The normalized spacial score (nSPS) is 14.7. The number of nitrogens with zero attached hydrogens (tertiary/aromatic N) is 4. The lowest BCUT2D eigenvalue weighted by atomic mass is 10.1. The van der Waals surface area contributed by atoms with Crippen molar-refractivity contribution in [1.82, 2.24) is 15.1 Å². The van der Waals surface area contributed by atoms with E-state index >= 15 is 0 Å². The summed E-state index contributed by atoms with van der Waals surface area (Å²) in [5.41, 5.74) is 1.11. The van der Waals surface area contributed by atoms with Gasteiger partial charge in [-0.2, -0.15) is 0 Å². The van der Waals surface area contributed by atoms with Crippen LogP contribution in [-0.4, -0.2) is 47.2 Å². The molecule has 1 saturated heterocycles. The highest BCUT2D eigenvalue weighted by Gasteiger charge is 2.23. The molecule has 0 bridgehead atoms. The minimum absolute atomic E-state index is 0.198. The molecule has 140 valence electrons. The number of unbranched alkanes of at least 4 members (excludes halogenated alkanes) is 1. The highest BCUT2D eigenvalue weighted by molar-refractivity contribution is 5.76. The van der Waals surface area contributed by atoms with Crippen LogP contribution in [0.1, 0.15) is 37.6 Å². The summed E-state index contributed by atoms with van der Waals surface area (Å²) in [4.78, 5) is 16.3. The second kappa shape index (κ2) is 8.78. The van der Waals surface area contributed by atoms with Gasteiger partial charge in [0, 0.05) is 39.0 Å². The number of carbonyl (C=O) groups is 1. The summed E-state index contributed by atoms with van der Waals surface area (Å²) in [6, 6.07) is 7.11. The van der Waals surface area contributed by atoms with Gasteiger partial charge >= 0.3 is 6.01 Å². The number of rotatable bonds is 7. The molecule has 1 aliphatic heterocycles. The Bertz CT molecular complexity index is 709. The van der Waals surface area contributed by atoms with E-state index in [4.69, 9.17) is 4.42 Å². The van der Waals surface area contributed by atoms with E-state index in [1.165, 1.54) is 12.1 Å². The Kier molecular flexibility index (Phi) is 6.20. The fraction of sp³-hybridized carbons (Fsp3) is 0.526. The molecule has 1 fully saturated rings. The van der Waals surface area contributed by atoms with Crippen LogP contribution in [0.2, 0.25) is 0 Å². The molecule has 0 radical (unpaired) electrons. The van der Waals surface area contributed by atoms with E-state index in [1.807, 2.05) is 16.7 Å². The average Bonchev–Trinajstić information content (AvgIpc) is 3.16. The molecular formula is C19H25FN4O2. The number of carbonyl (C=O) groups excluding carboxylic acids is 1. The second-order valence-electron chi connectivity index (χ2n) is 6.53. The van der Waals surface area contributed by atoms with Crippen LogP contribution in [0, 0.1) is 5.82 Å². The van der Waals surface area contributed by atoms with Crippen LogP contribution in [0.4, 0.5) is 10.4 Å². The van der Waals surface area contributed by atoms with Crippen LogP contribution in [0.3, 0.4) is 0 Å². The zero-order chi connectivity index (χ0) is 18.4. The van der Waals surface area contributed by atoms with Crippen molar-refractivity contribution in [3.05, 3.63) is 41.5 Å². The van der Waals surface area contributed by atoms with Crippen molar-refractivity contribution in [3.63, 3.8) is 0 Å². The molecule has 2 heterocycles. The molecule has 0 spiro atoms. The van der Waals surface area contributed by atoms with Crippen LogP contribution < -0.4 is 4.90 Å². The number of benzene rings is 1. The SMILES string of the molecule is CCc1nnc(N2CCN(C(=O)CCCCc3ccc(F)cc3)CC2)o1. The van der Waals surface area contributed by atoms with Gasteiger partial charge in [-0.15, -0.1) is 5.10 Å². The van der Waals surface area contributed by atoms with E-state index in [9.17, 15) is 9.18 Å². The van der Waals surface area contributed by atoms with Crippen LogP contribution >= 0.6 is 0 Å². The van der Waals surface area contributed by atoms with Gasteiger partial charge < -0.3 is 14.2 Å². The Morgan fingerprint density at radius 2 is 1.85 bits per heavy atom. The number of piperazine rings is 1. The van der Waals surface area contributed by atoms with Crippen molar-refractivity contribution >= 4 is 11.9 Å². The molecule has 26 heavy (non-hydrogen) atoms. The fourth-order valence-electron chi connectivity index (χ4n) is 3.08. The number of aromatic nitrogens is 2. The first-order valence-electron chi connectivity index (χ1n) is 9.25. The molecule has 3 rings (SSSR count). The van der Waals surface area contributed by atoms with Gasteiger partial charge in [-0.1, -0.05) is 24.2 Å². The Balaban J connectivity index is 1.36. The summed E-state index contributed by atoms with van der Waals surface area (Å²) >= 11 is 0. The maximum absolute atomic E-state index is 12.9. The number of aryl methyl sites for hydroxylation is 2. The van der Waals surface area contributed by atoms with E-state index < -0.39 is 0 Å². The number of amides is 1. The van der Waals surface area contributed by atoms with Gasteiger partial charge in [0.2, 0.25) is 11.8 Å². The molecule has 0 unspecified atom stereocenters. The molecule has 0 atom stereocenters. The molecule has 7 heteroatoms. The van der Waals surface area contributed by atoms with E-state index in [1.54, 1.807) is 12.1 Å². The highest BCUT2D eigenvalue weighted by Crippen LogP contribution is 2.16. The summed E-state index contributed by atoms with van der Waals surface area (Å²) in [6.45, 7) is 4.77. The van der Waals surface area contributed by atoms with Gasteiger partial charge in [-0.3, -0.25) is 4.79 Å². The first-order valence-corrected chi connectivity index (χ1v) is 9.25. The van der Waals surface area contributed by atoms with Crippen molar-refractivity contribution < 1.29 is 13.6 Å². The lowest BCUT2D eigenvalue weighted by Crippen LogP contribution is -2.48. The summed E-state index contributed by atoms with van der Waals surface area (Å²) < 4.78 is 18.4. The third kappa shape index (κ3) is 4.80. The molecular weight excluding hydrogens is 335 g/mol. The van der Waals surface area contributed by atoms with Gasteiger partial charge in [0.05, 0.1) is 0 Å². The zero-order valence-electron chi connectivity index (χ0n) is 15.2. The lowest BCUT2D eigenvalue weighted by molar-refractivity contribution is -0.131. The van der Waals surface area contributed by atoms with Crippen LogP contribution in [0.15, 0.2) is 28.7 Å². The first-order chi connectivity index (χ1) is 12.7. The number of hydrogen-bond donors (Lipinski definition) is 0. The Hall–Kier alpha value is -2.44. The number of anilines is 1. The van der Waals surface area contributed by atoms with E-state index in [0.29, 0.717) is 44.5 Å². The Labute approximate surface area is 153 Å². The van der Waals surface area contributed by atoms with Gasteiger partial charge in [0.25, 0.3) is 0 Å². The molecule has 0 aliphatic carbocycles. The molecule has 0 saturated carbocycles. The topological polar surface area (TPSA) is 62.5 Å². The molecule has 0 N–H and O–H groups in total. The summed E-state index contributed by atoms with van der Waals surface area (Å²) in [5, 5.41) is 8.04. The zero-order valence-corrected chi connectivity index (χ0v) is 15.2. The molecule has 6 nitrogen and oxygen atoms in total. The van der Waals surface area contributed by atoms with E-state index in [-0.39, 0.29) is 11.7 Å². The molecule has 1 aromatic heterocycles. The number of hydrogen-bond acceptors (Lipinski definition) is 5. The predicted molar refractivity (Wildman–Crippen MR) is 96.4 cm³/mol. The summed E-state index contributed by atoms with van der Waals surface area (Å²) in [7, 11) is 0. The van der Waals surface area contributed by atoms with E-state index in [2.05, 4.69) is 10.2 Å². The van der Waals surface area contributed by atoms with Crippen molar-refractivity contribution in [3.8, 4) is 0 Å². The van der Waals surface area contributed by atoms with Crippen LogP contribution in [0.5, 0.6) is 0 Å². The molecule has 1 aliphatic rings. The summed E-state index contributed by atoms with van der Waals surface area (Å²) in [6.07, 6.45) is 3.93. The van der Waals surface area contributed by atoms with Gasteiger partial charge in [0.1, 0.15) is 5.82 Å². The smallest absolute Gasteiger partial charge is 0.318 e. The lowest BCUT2D eigenvalue weighted by Gasteiger charge is -2.33. The van der Waals surface area contributed by atoms with Crippen molar-refractivity contribution in [2.24, 2.45) is 0 Å². The molecule has 2 aromatic rings. The van der Waals surface area contributed by atoms with Crippen LogP contribution in [0.25, 0.3) is 0 Å². The minimum atomic E-state index is -0.213. The largest absolute Gasteiger partial charge is 0.408 e. The molecule has 1 aromatic carbocycles. The molecule has 1 amide bonds. The second-order valence-corrected chi connectivity index (χ2v) is 6.53. The minimum Gasteiger partial charge on any atom is -0.408 e. The Morgan fingerprint density at radius 3 is 2.50 bits per heavy atom. The van der Waals surface area contributed by atoms with Crippen molar-refractivity contribution in [1.29, 1.82) is 0 Å². The van der Waals surface area contributed by atoms with Crippen molar-refractivity contribution in [2.75, 3.05) is 31.1 Å². The first kappa shape index (κ1) is 18.4. The monoisotopic (exact) mass is 360 g/mol. The number of halogens is 1. The standard InChI is InChI=1S/C19H25FN4O2/c1-2-17-21-22-19(26-17)24-13-11-23(12-14-24)18(25)6-4-3-5-15-7-9-16(20)10-8-15/h7-10H,2-6,11-14H2,1H3. The average molecular weight is 360 g/mol. The predicted octanol–water partition coefficient (Wildman–Crippen LogP) is 2.83. The van der Waals surface area contributed by atoms with Gasteiger partial charge in [0.15, 0.2) is 0 Å². The third-order valence-electron chi connectivity index (χ3n) is 4.68. The Morgan fingerprint density at radius 1 is 1.12 bits per heavy atom. The summed E-state index contributed by atoms with van der Waals surface area (Å²) in [5.74, 6) is 0.623. The highest BCUT2D eigenvalue weighted by atomic mass is 19.1. The van der Waals surface area contributed by atoms with Gasteiger partial charge in [-0.25, -0.2) is 4.39 Å². The third-order valence-corrected chi connectivity index (χ3v) is 4.68.